The maximum absolute atomic E-state index is 5.72. The first-order valence-electron chi connectivity index (χ1n) is 5.80. The van der Waals surface area contributed by atoms with Crippen molar-refractivity contribution in [2.75, 3.05) is 6.61 Å². The normalized spacial score (nSPS) is 51.1. The molecule has 0 radical (unpaired) electrons. The number of fused-ring (bicyclic) bond motifs is 3. The molecule has 0 bridgehead atoms. The Balaban J connectivity index is 2.05. The second kappa shape index (κ2) is 2.75. The van der Waals surface area contributed by atoms with Gasteiger partial charge in [0, 0.05) is 6.42 Å². The summed E-state index contributed by atoms with van der Waals surface area (Å²) in [6.07, 6.45) is 3.74. The van der Waals surface area contributed by atoms with Crippen LogP contribution in [0.15, 0.2) is 0 Å². The molecule has 3 heteroatoms. The van der Waals surface area contributed by atoms with Crippen LogP contribution in [-0.4, -0.2) is 24.5 Å². The monoisotopic (exact) mass is 208 g/mol. The maximum atomic E-state index is 5.72. The topological polar surface area (TPSA) is 26.1 Å². The Morgan fingerprint density at radius 3 is 2.93 bits per heavy atom. The van der Waals surface area contributed by atoms with E-state index in [0.717, 1.165) is 6.42 Å². The summed E-state index contributed by atoms with van der Waals surface area (Å²) in [4.78, 5) is 4.27. The van der Waals surface area contributed by atoms with Crippen LogP contribution in [0.4, 0.5) is 0 Å². The molecule has 2 heterocycles. The van der Waals surface area contributed by atoms with E-state index in [9.17, 15) is 0 Å². The minimum atomic E-state index is -0.122. The van der Waals surface area contributed by atoms with Crippen LogP contribution in [0.25, 0.3) is 4.85 Å². The molecule has 0 spiro atoms. The Morgan fingerprint density at radius 2 is 2.20 bits per heavy atom. The number of nitrogens with zero attached hydrogens (tertiary/aromatic N) is 1. The van der Waals surface area contributed by atoms with Crippen molar-refractivity contribution < 1.29 is 9.47 Å². The molecule has 0 N–H and O–H groups in total. The lowest BCUT2D eigenvalue weighted by atomic mass is 9.67. The molecule has 1 aliphatic carbocycles. The summed E-state index contributed by atoms with van der Waals surface area (Å²) in [6, 6.07) is 0. The lowest BCUT2D eigenvalue weighted by Gasteiger charge is -2.33. The third-order valence-electron chi connectivity index (χ3n) is 4.58. The highest BCUT2D eigenvalue weighted by atomic mass is 16.8. The largest absolute Gasteiger partial charge is 0.349 e. The minimum Gasteiger partial charge on any atom is -0.349 e. The van der Waals surface area contributed by atoms with Gasteiger partial charge in [-0.2, -0.15) is 0 Å². The van der Waals surface area contributed by atoms with E-state index in [1.165, 1.54) is 12.8 Å². The number of ether oxygens (including phenoxy) is 2. The summed E-state index contributed by atoms with van der Waals surface area (Å²) in [5, 5.41) is 0. The van der Waals surface area contributed by atoms with Gasteiger partial charge >= 0.3 is 0 Å². The van der Waals surface area contributed by atoms with Gasteiger partial charge in [-0.25, -0.2) is 0 Å². The van der Waals surface area contributed by atoms with Gasteiger partial charge in [-0.05, 0) is 26.7 Å². The van der Waals surface area contributed by atoms with E-state index in [4.69, 9.17) is 16.0 Å². The van der Waals surface area contributed by atoms with Crippen LogP contribution >= 0.6 is 0 Å². The van der Waals surface area contributed by atoms with E-state index in [1.807, 2.05) is 0 Å². The molecule has 3 nitrogen and oxygen atoms in total. The maximum Gasteiger partial charge on any atom is 0.293 e. The third kappa shape index (κ3) is 1.07. The number of hydrogen-bond donors (Lipinski definition) is 0. The van der Waals surface area contributed by atoms with Crippen LogP contribution in [0.5, 0.6) is 0 Å². The molecule has 3 fully saturated rings. The van der Waals surface area contributed by atoms with E-state index in [1.54, 1.807) is 0 Å². The SMILES string of the molecule is C#[N+][C@]12CCC[C@H]1C1OC1OCC2(C)C. The van der Waals surface area contributed by atoms with Gasteiger partial charge in [-0.3, -0.25) is 0 Å². The molecular formula is C12H18NO2+. The van der Waals surface area contributed by atoms with Crippen molar-refractivity contribution in [3.8, 4) is 6.57 Å². The van der Waals surface area contributed by atoms with Crippen LogP contribution in [0, 0.1) is 17.9 Å². The quantitative estimate of drug-likeness (QED) is 0.571. The standard InChI is InChI=1S/C12H18NO2/c1-11(2)7-14-10-9(15-10)8-5-4-6-12(8,11)13-3/h3,8-10H,4-7H2,1-2H3/q+1/t8-,9?,10?,12+/m0/s1. The lowest BCUT2D eigenvalue weighted by Crippen LogP contribution is -2.47. The van der Waals surface area contributed by atoms with Gasteiger partial charge < -0.3 is 9.47 Å². The van der Waals surface area contributed by atoms with Crippen molar-refractivity contribution in [3.05, 3.63) is 4.85 Å². The van der Waals surface area contributed by atoms with E-state index < -0.39 is 0 Å². The van der Waals surface area contributed by atoms with Crippen molar-refractivity contribution in [2.45, 2.75) is 51.0 Å². The zero-order valence-corrected chi connectivity index (χ0v) is 9.40. The fourth-order valence-corrected chi connectivity index (χ4v) is 3.57. The van der Waals surface area contributed by atoms with Crippen molar-refractivity contribution >= 4 is 0 Å². The van der Waals surface area contributed by atoms with E-state index in [-0.39, 0.29) is 23.3 Å². The van der Waals surface area contributed by atoms with Crippen LogP contribution in [-0.2, 0) is 9.47 Å². The molecule has 15 heavy (non-hydrogen) atoms. The molecule has 2 saturated heterocycles. The molecule has 4 atom stereocenters. The average molecular weight is 208 g/mol. The molecule has 0 aromatic rings. The molecule has 1 saturated carbocycles. The highest BCUT2D eigenvalue weighted by Crippen LogP contribution is 2.58. The minimum absolute atomic E-state index is 0.0241. The predicted octanol–water partition coefficient (Wildman–Crippen LogP) is 2.27. The molecule has 0 aromatic heterocycles. The van der Waals surface area contributed by atoms with Crippen LogP contribution in [0.1, 0.15) is 33.1 Å². The fourth-order valence-electron chi connectivity index (χ4n) is 3.57. The van der Waals surface area contributed by atoms with Crippen LogP contribution in [0.3, 0.4) is 0 Å². The number of rotatable bonds is 0. The van der Waals surface area contributed by atoms with Crippen molar-refractivity contribution in [1.29, 1.82) is 0 Å². The van der Waals surface area contributed by atoms with Crippen molar-refractivity contribution in [3.63, 3.8) is 0 Å². The molecular weight excluding hydrogens is 190 g/mol. The molecule has 82 valence electrons. The van der Waals surface area contributed by atoms with Gasteiger partial charge in [0.05, 0.1) is 17.9 Å². The Kier molecular flexibility index (Phi) is 1.76. The lowest BCUT2D eigenvalue weighted by molar-refractivity contribution is -0.0226. The van der Waals surface area contributed by atoms with E-state index in [2.05, 4.69) is 18.7 Å². The Morgan fingerprint density at radius 1 is 1.40 bits per heavy atom. The number of hydrogen-bond acceptors (Lipinski definition) is 2. The first-order valence-corrected chi connectivity index (χ1v) is 5.80. The first kappa shape index (κ1) is 9.62. The summed E-state index contributed by atoms with van der Waals surface area (Å²) in [5.41, 5.74) is -0.0946. The van der Waals surface area contributed by atoms with Crippen LogP contribution in [0.2, 0.25) is 0 Å². The van der Waals surface area contributed by atoms with E-state index in [0.29, 0.717) is 12.5 Å². The predicted molar refractivity (Wildman–Crippen MR) is 56.8 cm³/mol. The van der Waals surface area contributed by atoms with Gasteiger partial charge in [0.2, 0.25) is 0 Å². The van der Waals surface area contributed by atoms with Crippen LogP contribution < -0.4 is 0 Å². The van der Waals surface area contributed by atoms with Gasteiger partial charge in [0.25, 0.3) is 12.1 Å². The molecule has 0 aromatic carbocycles. The van der Waals surface area contributed by atoms with Gasteiger partial charge in [0.1, 0.15) is 6.10 Å². The molecule has 0 amide bonds. The summed E-state index contributed by atoms with van der Waals surface area (Å²) < 4.78 is 11.3. The smallest absolute Gasteiger partial charge is 0.293 e. The molecule has 3 rings (SSSR count). The average Bonchev–Trinajstić information content (AvgIpc) is 2.85. The molecule has 2 aliphatic heterocycles. The highest BCUT2D eigenvalue weighted by molar-refractivity contribution is 5.20. The highest BCUT2D eigenvalue weighted by Gasteiger charge is 2.71. The van der Waals surface area contributed by atoms with E-state index >= 15 is 0 Å². The van der Waals surface area contributed by atoms with Gasteiger partial charge in [-0.1, -0.05) is 4.85 Å². The van der Waals surface area contributed by atoms with Crippen molar-refractivity contribution in [2.24, 2.45) is 11.3 Å². The third-order valence-corrected chi connectivity index (χ3v) is 4.58. The summed E-state index contributed by atoms with van der Waals surface area (Å²) in [7, 11) is 0. The molecule has 2 unspecified atom stereocenters. The van der Waals surface area contributed by atoms with Gasteiger partial charge in [-0.15, -0.1) is 0 Å². The second-order valence-electron chi connectivity index (χ2n) is 5.72. The first-order chi connectivity index (χ1) is 7.11. The summed E-state index contributed by atoms with van der Waals surface area (Å²) in [6.45, 7) is 10.8. The summed E-state index contributed by atoms with van der Waals surface area (Å²) in [5.74, 6) is 0.463. The number of epoxide rings is 1. The molecule has 3 aliphatic rings. The Labute approximate surface area is 90.6 Å². The van der Waals surface area contributed by atoms with Crippen molar-refractivity contribution in [1.82, 2.24) is 0 Å². The van der Waals surface area contributed by atoms with Gasteiger partial charge in [0.15, 0.2) is 6.29 Å². The summed E-state index contributed by atoms with van der Waals surface area (Å²) >= 11 is 0. The second-order valence-corrected chi connectivity index (χ2v) is 5.72. The Hall–Kier alpha value is -0.590. The Bertz CT molecular complexity index is 333. The zero-order valence-electron chi connectivity index (χ0n) is 9.40. The zero-order chi connectivity index (χ0) is 10.7. The fraction of sp³-hybridized carbons (Fsp3) is 0.917.